The van der Waals surface area contributed by atoms with Crippen molar-refractivity contribution in [1.29, 1.82) is 0 Å². The van der Waals surface area contributed by atoms with Crippen LogP contribution in [0, 0.1) is 0 Å². The number of amides is 1. The van der Waals surface area contributed by atoms with Crippen molar-refractivity contribution in [3.8, 4) is 0 Å². The number of nitrogens with zero attached hydrogens (tertiary/aromatic N) is 1. The number of carbonyl (C=O) groups excluding carboxylic acids is 1. The van der Waals surface area contributed by atoms with Crippen LogP contribution in [0.1, 0.15) is 10.9 Å². The van der Waals surface area contributed by atoms with E-state index in [1.807, 2.05) is 17.5 Å². The maximum Gasteiger partial charge on any atom is 0.246 e. The first-order chi connectivity index (χ1) is 8.18. The van der Waals surface area contributed by atoms with Gasteiger partial charge in [-0.2, -0.15) is 0 Å². The molecular weight excluding hydrogens is 258 g/mol. The van der Waals surface area contributed by atoms with Crippen LogP contribution in [0.4, 0.5) is 5.69 Å². The van der Waals surface area contributed by atoms with E-state index < -0.39 is 6.04 Å². The molecule has 1 unspecified atom stereocenters. The summed E-state index contributed by atoms with van der Waals surface area (Å²) in [5.41, 5.74) is 6.28. The monoisotopic (exact) mass is 267 g/mol. The van der Waals surface area contributed by atoms with Crippen molar-refractivity contribution in [2.45, 2.75) is 6.04 Å². The van der Waals surface area contributed by atoms with E-state index in [1.165, 1.54) is 17.5 Å². The molecule has 0 spiro atoms. The first-order valence-electron chi connectivity index (χ1n) is 4.88. The van der Waals surface area contributed by atoms with Crippen LogP contribution in [0.15, 0.2) is 36.0 Å². The molecule has 2 aromatic heterocycles. The summed E-state index contributed by atoms with van der Waals surface area (Å²) in [6.07, 6.45) is 3.04. The fourth-order valence-corrected chi connectivity index (χ4v) is 2.15. The molecule has 2 heterocycles. The van der Waals surface area contributed by atoms with Gasteiger partial charge >= 0.3 is 0 Å². The van der Waals surface area contributed by atoms with Crippen molar-refractivity contribution in [2.75, 3.05) is 5.32 Å². The number of hydrogen-bond donors (Lipinski definition) is 2. The number of hydrogen-bond acceptors (Lipinski definition) is 4. The number of thiophene rings is 1. The molecule has 0 saturated carbocycles. The quantitative estimate of drug-likeness (QED) is 0.897. The fraction of sp³-hybridized carbons (Fsp3) is 0.0909. The first-order valence-corrected chi connectivity index (χ1v) is 6.13. The van der Waals surface area contributed by atoms with Gasteiger partial charge in [-0.05, 0) is 17.5 Å². The molecule has 0 aliphatic rings. The molecule has 2 aromatic rings. The molecule has 1 amide bonds. The first kappa shape index (κ1) is 12.0. The standard InChI is InChI=1S/C11H10ClN3OS/c12-7-3-4-14-6-8(7)15-11(16)10(13)9-2-1-5-17-9/h1-6,10H,13H2,(H,15,16). The molecule has 2 rings (SSSR count). The van der Waals surface area contributed by atoms with Crippen molar-refractivity contribution < 1.29 is 4.79 Å². The van der Waals surface area contributed by atoms with Gasteiger partial charge in [-0.25, -0.2) is 0 Å². The summed E-state index contributed by atoms with van der Waals surface area (Å²) in [4.78, 5) is 16.5. The maximum absolute atomic E-state index is 11.8. The van der Waals surface area contributed by atoms with Crippen molar-refractivity contribution in [1.82, 2.24) is 4.98 Å². The lowest BCUT2D eigenvalue weighted by atomic mass is 10.2. The minimum atomic E-state index is -0.689. The van der Waals surface area contributed by atoms with E-state index in [9.17, 15) is 4.79 Å². The zero-order chi connectivity index (χ0) is 12.3. The summed E-state index contributed by atoms with van der Waals surface area (Å²) in [6, 6.07) is 4.59. The van der Waals surface area contributed by atoms with E-state index in [4.69, 9.17) is 17.3 Å². The second-order valence-corrected chi connectivity index (χ2v) is 4.72. The molecule has 4 nitrogen and oxygen atoms in total. The number of nitrogens with two attached hydrogens (primary N) is 1. The molecule has 1 atom stereocenters. The maximum atomic E-state index is 11.8. The molecule has 0 fully saturated rings. The summed E-state index contributed by atoms with van der Waals surface area (Å²) in [6.45, 7) is 0. The van der Waals surface area contributed by atoms with Crippen LogP contribution >= 0.6 is 22.9 Å². The fourth-order valence-electron chi connectivity index (χ4n) is 1.28. The minimum absolute atomic E-state index is 0.303. The Morgan fingerprint density at radius 1 is 1.53 bits per heavy atom. The molecule has 0 saturated heterocycles. The Kier molecular flexibility index (Phi) is 3.73. The lowest BCUT2D eigenvalue weighted by Crippen LogP contribution is -2.27. The number of anilines is 1. The SMILES string of the molecule is NC(C(=O)Nc1cnccc1Cl)c1cccs1. The smallest absolute Gasteiger partial charge is 0.246 e. The average molecular weight is 268 g/mol. The van der Waals surface area contributed by atoms with Gasteiger partial charge in [0.1, 0.15) is 6.04 Å². The van der Waals surface area contributed by atoms with E-state index in [-0.39, 0.29) is 5.91 Å². The summed E-state index contributed by atoms with van der Waals surface area (Å²) >= 11 is 7.34. The van der Waals surface area contributed by atoms with Crippen molar-refractivity contribution in [2.24, 2.45) is 5.73 Å². The van der Waals surface area contributed by atoms with E-state index in [1.54, 1.807) is 12.3 Å². The Morgan fingerprint density at radius 2 is 2.35 bits per heavy atom. The lowest BCUT2D eigenvalue weighted by Gasteiger charge is -2.11. The van der Waals surface area contributed by atoms with E-state index in [0.717, 1.165) is 4.88 Å². The van der Waals surface area contributed by atoms with Crippen molar-refractivity contribution in [3.63, 3.8) is 0 Å². The number of pyridine rings is 1. The molecule has 88 valence electrons. The number of nitrogens with one attached hydrogen (secondary N) is 1. The Balaban J connectivity index is 2.10. The molecule has 17 heavy (non-hydrogen) atoms. The Labute approximate surface area is 107 Å². The highest BCUT2D eigenvalue weighted by Gasteiger charge is 2.17. The van der Waals surface area contributed by atoms with Gasteiger partial charge in [0.15, 0.2) is 0 Å². The molecule has 0 bridgehead atoms. The number of halogens is 1. The largest absolute Gasteiger partial charge is 0.322 e. The summed E-state index contributed by atoms with van der Waals surface area (Å²) in [5, 5.41) is 4.96. The zero-order valence-electron chi connectivity index (χ0n) is 8.76. The van der Waals surface area contributed by atoms with E-state index in [0.29, 0.717) is 10.7 Å². The summed E-state index contributed by atoms with van der Waals surface area (Å²) < 4.78 is 0. The van der Waals surface area contributed by atoms with Gasteiger partial charge in [-0.3, -0.25) is 9.78 Å². The predicted molar refractivity (Wildman–Crippen MR) is 69.1 cm³/mol. The highest BCUT2D eigenvalue weighted by molar-refractivity contribution is 7.10. The topological polar surface area (TPSA) is 68.0 Å². The van der Waals surface area contributed by atoms with Crippen molar-refractivity contribution >= 4 is 34.5 Å². The van der Waals surface area contributed by atoms with Gasteiger partial charge < -0.3 is 11.1 Å². The zero-order valence-corrected chi connectivity index (χ0v) is 10.3. The van der Waals surface area contributed by atoms with Crippen LogP contribution in [-0.2, 0) is 4.79 Å². The Hall–Kier alpha value is -1.43. The highest BCUT2D eigenvalue weighted by atomic mass is 35.5. The molecule has 0 aromatic carbocycles. The number of carbonyl (C=O) groups is 1. The average Bonchev–Trinajstić information content (AvgIpc) is 2.84. The van der Waals surface area contributed by atoms with Gasteiger partial charge in [-0.15, -0.1) is 11.3 Å². The highest BCUT2D eigenvalue weighted by Crippen LogP contribution is 2.22. The van der Waals surface area contributed by atoms with Crippen molar-refractivity contribution in [3.05, 3.63) is 45.9 Å². The van der Waals surface area contributed by atoms with Gasteiger partial charge in [0.2, 0.25) is 5.91 Å². The van der Waals surface area contributed by atoms with Gasteiger partial charge in [0.25, 0.3) is 0 Å². The molecule has 6 heteroatoms. The van der Waals surface area contributed by atoms with Crippen LogP contribution in [0.25, 0.3) is 0 Å². The second kappa shape index (κ2) is 5.27. The van der Waals surface area contributed by atoms with Crippen LogP contribution in [0.5, 0.6) is 0 Å². The van der Waals surface area contributed by atoms with Crippen LogP contribution in [-0.4, -0.2) is 10.9 Å². The van der Waals surface area contributed by atoms with Crippen LogP contribution in [0.2, 0.25) is 5.02 Å². The minimum Gasteiger partial charge on any atom is -0.322 e. The van der Waals surface area contributed by atoms with E-state index >= 15 is 0 Å². The lowest BCUT2D eigenvalue weighted by molar-refractivity contribution is -0.117. The summed E-state index contributed by atoms with van der Waals surface area (Å²) in [5.74, 6) is -0.303. The third-order valence-electron chi connectivity index (χ3n) is 2.16. The molecule has 3 N–H and O–H groups in total. The molecule has 0 aliphatic carbocycles. The van der Waals surface area contributed by atoms with Crippen LogP contribution in [0.3, 0.4) is 0 Å². The van der Waals surface area contributed by atoms with Crippen LogP contribution < -0.4 is 11.1 Å². The third kappa shape index (κ3) is 2.82. The van der Waals surface area contributed by atoms with Gasteiger partial charge in [0.05, 0.1) is 16.9 Å². The molecular formula is C11H10ClN3OS. The Bertz CT molecular complexity index is 515. The predicted octanol–water partition coefficient (Wildman–Crippen LogP) is 2.43. The molecule has 0 aliphatic heterocycles. The van der Waals surface area contributed by atoms with E-state index in [2.05, 4.69) is 10.3 Å². The number of aromatic nitrogens is 1. The van der Waals surface area contributed by atoms with Gasteiger partial charge in [0, 0.05) is 11.1 Å². The summed E-state index contributed by atoms with van der Waals surface area (Å²) in [7, 11) is 0. The van der Waals surface area contributed by atoms with Gasteiger partial charge in [-0.1, -0.05) is 17.7 Å². The molecule has 0 radical (unpaired) electrons. The second-order valence-electron chi connectivity index (χ2n) is 3.34. The third-order valence-corrected chi connectivity index (χ3v) is 3.44. The Morgan fingerprint density at radius 3 is 3.00 bits per heavy atom. The number of rotatable bonds is 3. The normalized spacial score (nSPS) is 12.1.